The molecule has 0 aliphatic heterocycles. The first-order valence-corrected chi connectivity index (χ1v) is 21.4. The van der Waals surface area contributed by atoms with Crippen LogP contribution >= 0.6 is 0 Å². The molecule has 0 spiro atoms. The largest absolute Gasteiger partial charge is 0.365 e. The maximum absolute atomic E-state index is 13.2. The van der Waals surface area contributed by atoms with Crippen LogP contribution in [0.4, 0.5) is 5.69 Å². The Morgan fingerprint density at radius 3 is 1.52 bits per heavy atom. The van der Waals surface area contributed by atoms with Crippen molar-refractivity contribution in [3.05, 3.63) is 194 Å². The van der Waals surface area contributed by atoms with Crippen molar-refractivity contribution in [2.45, 2.75) is 66.2 Å². The molecule has 0 radical (unpaired) electrons. The molecule has 0 atom stereocenters. The quantitative estimate of drug-likeness (QED) is 0.0216. The molecule has 0 saturated carbocycles. The molecule has 15 nitrogen and oxygen atoms in total. The average Bonchev–Trinajstić information content (AvgIpc) is 3.64. The number of hydrogen-bond acceptors (Lipinski definition) is 14. The Hall–Kier alpha value is -8.46. The van der Waals surface area contributed by atoms with Crippen molar-refractivity contribution in [1.29, 1.82) is 0 Å². The molecular weight excluding hydrogens is 855 g/mol. The predicted octanol–water partition coefficient (Wildman–Crippen LogP) is 10.9. The van der Waals surface area contributed by atoms with Gasteiger partial charge < -0.3 is 19.4 Å². The zero-order valence-corrected chi connectivity index (χ0v) is 37.7. The van der Waals surface area contributed by atoms with Gasteiger partial charge in [-0.15, -0.1) is 0 Å². The van der Waals surface area contributed by atoms with Gasteiger partial charge in [0.1, 0.15) is 22.8 Å². The molecule has 0 aromatic heterocycles. The molecule has 0 bridgehead atoms. The van der Waals surface area contributed by atoms with Crippen molar-refractivity contribution >= 4 is 52.4 Å². The van der Waals surface area contributed by atoms with Gasteiger partial charge in [0.25, 0.3) is 5.69 Å². The minimum absolute atomic E-state index is 0.0277. The van der Waals surface area contributed by atoms with Crippen molar-refractivity contribution in [1.82, 2.24) is 0 Å². The summed E-state index contributed by atoms with van der Waals surface area (Å²) < 4.78 is 0. The van der Waals surface area contributed by atoms with Gasteiger partial charge in [0, 0.05) is 22.6 Å². The third kappa shape index (κ3) is 10.7. The van der Waals surface area contributed by atoms with Crippen LogP contribution in [-0.4, -0.2) is 51.6 Å². The Morgan fingerprint density at radius 1 is 0.597 bits per heavy atom. The lowest BCUT2D eigenvalue weighted by Crippen LogP contribution is -2.25. The van der Waals surface area contributed by atoms with Gasteiger partial charge in [0.15, 0.2) is 0 Å². The second-order valence-electron chi connectivity index (χ2n) is 15.1. The highest BCUT2D eigenvalue weighted by Gasteiger charge is 2.45. The summed E-state index contributed by atoms with van der Waals surface area (Å²) in [6.07, 6.45) is 6.61. The van der Waals surface area contributed by atoms with E-state index < -0.39 is 34.2 Å². The minimum Gasteiger partial charge on any atom is -0.312 e. The van der Waals surface area contributed by atoms with Gasteiger partial charge in [-0.1, -0.05) is 126 Å². The van der Waals surface area contributed by atoms with Gasteiger partial charge in [-0.25, -0.2) is 19.2 Å². The number of nitro benzene ring substituents is 1. The number of rotatable bonds is 17. The van der Waals surface area contributed by atoms with Gasteiger partial charge in [0.2, 0.25) is 0 Å². The zero-order valence-electron chi connectivity index (χ0n) is 37.7. The summed E-state index contributed by atoms with van der Waals surface area (Å²) >= 11 is 0. The van der Waals surface area contributed by atoms with Crippen LogP contribution in [0.1, 0.15) is 114 Å². The van der Waals surface area contributed by atoms with E-state index in [0.29, 0.717) is 47.1 Å². The molecule has 1 aliphatic rings. The minimum atomic E-state index is -0.881. The molecule has 0 N–H and O–H groups in total. The van der Waals surface area contributed by atoms with Crippen LogP contribution in [-0.2, 0) is 29.6 Å². The summed E-state index contributed by atoms with van der Waals surface area (Å²) in [5.74, 6) is -3.05. The SMILES string of the molecule is C/C=C(\C=C/CC)C(=O)O/N=C(C)/C(=N\OC(=O)c1ccccc1)c1ccc2c(c1)C(CC)(CC)c1cc(C(=N/OC(=O)c3ccccc3)/C(C)=N/OC(=O)c3ccccc3)cc([N+](=O)[O-])c1-2. The lowest BCUT2D eigenvalue weighted by Gasteiger charge is -2.30. The van der Waals surface area contributed by atoms with Crippen LogP contribution in [0.15, 0.2) is 166 Å². The molecule has 5 aromatic carbocycles. The second-order valence-corrected chi connectivity index (χ2v) is 15.1. The van der Waals surface area contributed by atoms with Crippen molar-refractivity contribution in [3.63, 3.8) is 0 Å². The molecule has 1 aliphatic carbocycles. The van der Waals surface area contributed by atoms with Crippen molar-refractivity contribution < 1.29 is 43.5 Å². The maximum Gasteiger partial charge on any atom is 0.365 e. The topological polar surface area (TPSA) is 198 Å². The number of nitrogens with zero attached hydrogens (tertiary/aromatic N) is 5. The normalized spacial score (nSPS) is 13.7. The van der Waals surface area contributed by atoms with Crippen LogP contribution in [0.5, 0.6) is 0 Å². The first-order chi connectivity index (χ1) is 32.4. The summed E-state index contributed by atoms with van der Waals surface area (Å²) in [5.41, 5.74) is 2.46. The average molecular weight is 902 g/mol. The number of carbonyl (C=O) groups excluding carboxylic acids is 4. The number of oxime groups is 4. The summed E-state index contributed by atoms with van der Waals surface area (Å²) in [4.78, 5) is 86.4. The summed E-state index contributed by atoms with van der Waals surface area (Å²) in [6, 6.07) is 32.7. The number of allylic oxidation sites excluding steroid dienone is 2. The molecule has 15 heteroatoms. The molecule has 340 valence electrons. The molecular formula is C52H47N5O10. The number of fused-ring (bicyclic) bond motifs is 3. The lowest BCUT2D eigenvalue weighted by atomic mass is 9.73. The van der Waals surface area contributed by atoms with Gasteiger partial charge in [-0.05, 0) is 105 Å². The maximum atomic E-state index is 13.2. The predicted molar refractivity (Wildman–Crippen MR) is 254 cm³/mol. The molecule has 67 heavy (non-hydrogen) atoms. The second kappa shape index (κ2) is 22.0. The highest BCUT2D eigenvalue weighted by molar-refractivity contribution is 6.48. The lowest BCUT2D eigenvalue weighted by molar-refractivity contribution is -0.384. The Labute approximate surface area is 386 Å². The Bertz CT molecular complexity index is 2880. The van der Waals surface area contributed by atoms with Crippen LogP contribution in [0.3, 0.4) is 0 Å². The molecule has 0 fully saturated rings. The first-order valence-electron chi connectivity index (χ1n) is 21.4. The highest BCUT2D eigenvalue weighted by atomic mass is 16.7. The van der Waals surface area contributed by atoms with E-state index in [4.69, 9.17) is 19.4 Å². The summed E-state index contributed by atoms with van der Waals surface area (Å²) in [5, 5.41) is 29.7. The Balaban J connectivity index is 1.48. The molecule has 6 rings (SSSR count). The van der Waals surface area contributed by atoms with Crippen molar-refractivity contribution in [2.24, 2.45) is 20.6 Å². The molecule has 5 aromatic rings. The monoisotopic (exact) mass is 901 g/mol. The first kappa shape index (κ1) is 48.0. The number of hydrogen-bond donors (Lipinski definition) is 0. The number of nitro groups is 1. The van der Waals surface area contributed by atoms with Gasteiger partial charge in [0.05, 0.1) is 32.8 Å². The third-order valence-corrected chi connectivity index (χ3v) is 11.2. The summed E-state index contributed by atoms with van der Waals surface area (Å²) in [7, 11) is 0. The van der Waals surface area contributed by atoms with E-state index in [1.807, 2.05) is 20.8 Å². The van der Waals surface area contributed by atoms with Gasteiger partial charge in [-0.3, -0.25) is 10.1 Å². The third-order valence-electron chi connectivity index (χ3n) is 11.2. The molecule has 0 unspecified atom stereocenters. The number of benzene rings is 5. The van der Waals surface area contributed by atoms with Gasteiger partial charge in [-0.2, -0.15) is 0 Å². The van der Waals surface area contributed by atoms with E-state index in [0.717, 1.165) is 0 Å². The Morgan fingerprint density at radius 2 is 1.06 bits per heavy atom. The van der Waals surface area contributed by atoms with E-state index >= 15 is 0 Å². The smallest absolute Gasteiger partial charge is 0.312 e. The number of carbonyl (C=O) groups is 4. The van der Waals surface area contributed by atoms with Crippen LogP contribution in [0.25, 0.3) is 11.1 Å². The zero-order chi connectivity index (χ0) is 48.1. The molecule has 0 saturated heterocycles. The van der Waals surface area contributed by atoms with E-state index in [2.05, 4.69) is 20.6 Å². The highest BCUT2D eigenvalue weighted by Crippen LogP contribution is 2.56. The molecule has 0 amide bonds. The van der Waals surface area contributed by atoms with Gasteiger partial charge >= 0.3 is 23.9 Å². The van der Waals surface area contributed by atoms with Crippen LogP contribution in [0.2, 0.25) is 0 Å². The Kier molecular flexibility index (Phi) is 15.7. The van der Waals surface area contributed by atoms with Crippen molar-refractivity contribution in [3.8, 4) is 11.1 Å². The van der Waals surface area contributed by atoms with Crippen LogP contribution in [0, 0.1) is 10.1 Å². The molecule has 0 heterocycles. The van der Waals surface area contributed by atoms with Crippen molar-refractivity contribution in [2.75, 3.05) is 0 Å². The fraction of sp³-hybridized carbons (Fsp3) is 0.192. The summed E-state index contributed by atoms with van der Waals surface area (Å²) in [6.45, 7) is 10.5. The van der Waals surface area contributed by atoms with E-state index in [1.165, 1.54) is 32.0 Å². The standard InChI is InChI=1S/C52H47N5O10/c1-7-11-21-35(8-2)48(58)64-53-33(5)46(55-66-50(60)37-24-17-13-18-25-37)39-28-29-41-42(30-39)52(9-3,10-4)43-31-40(32-44(45(41)43)57(62)63)47(56-67-51(61)38-26-19-14-20-27-38)34(6)54-65-49(59)36-22-15-12-16-23-36/h8,11-32H,7,9-10H2,1-6H3/b21-11-,35-8+,53-33+,54-34+,55-46+,56-47+. The van der Waals surface area contributed by atoms with E-state index in [9.17, 15) is 29.3 Å². The van der Waals surface area contributed by atoms with E-state index in [-0.39, 0.29) is 56.4 Å². The fourth-order valence-electron chi connectivity index (χ4n) is 7.63. The van der Waals surface area contributed by atoms with Crippen LogP contribution < -0.4 is 0 Å². The van der Waals surface area contributed by atoms with E-state index in [1.54, 1.807) is 128 Å². The fourth-order valence-corrected chi connectivity index (χ4v) is 7.63.